The molecule has 1 amide bonds. The minimum atomic E-state index is -0.0573. The Kier molecular flexibility index (Phi) is 3.57. The van der Waals surface area contributed by atoms with E-state index < -0.39 is 0 Å². The normalized spacial score (nSPS) is 17.5. The van der Waals surface area contributed by atoms with E-state index in [1.54, 1.807) is 17.3 Å². The molecular weight excluding hydrogens is 304 g/mol. The standard InChI is InChI=1S/C18H16N4O2/c1-12-2-4-15(5-3-12)22-11-14(10-16(22)23)17-20-18(24-21-17)13-6-8-19-9-7-13/h2-9,14H,10-11H2,1H3. The number of aryl methyl sites for hydroxylation is 1. The van der Waals surface area contributed by atoms with Gasteiger partial charge in [-0.1, -0.05) is 22.9 Å². The molecule has 4 rings (SSSR count). The van der Waals surface area contributed by atoms with Crippen LogP contribution in [-0.2, 0) is 4.79 Å². The number of aromatic nitrogens is 3. The maximum absolute atomic E-state index is 12.4. The summed E-state index contributed by atoms with van der Waals surface area (Å²) in [6, 6.07) is 11.6. The quantitative estimate of drug-likeness (QED) is 0.742. The highest BCUT2D eigenvalue weighted by molar-refractivity contribution is 5.96. The molecule has 24 heavy (non-hydrogen) atoms. The second-order valence-corrected chi connectivity index (χ2v) is 5.93. The number of rotatable bonds is 3. The molecule has 1 aliphatic rings. The maximum Gasteiger partial charge on any atom is 0.258 e. The van der Waals surface area contributed by atoms with E-state index in [0.717, 1.165) is 11.3 Å². The van der Waals surface area contributed by atoms with Crippen LogP contribution in [0.25, 0.3) is 11.5 Å². The number of anilines is 1. The molecule has 0 radical (unpaired) electrons. The summed E-state index contributed by atoms with van der Waals surface area (Å²) in [5, 5.41) is 4.07. The molecule has 3 aromatic rings. The Labute approximate surface area is 139 Å². The predicted molar refractivity (Wildman–Crippen MR) is 88.4 cm³/mol. The van der Waals surface area contributed by atoms with Crippen LogP contribution < -0.4 is 4.90 Å². The highest BCUT2D eigenvalue weighted by Crippen LogP contribution is 2.31. The molecule has 1 atom stereocenters. The summed E-state index contributed by atoms with van der Waals surface area (Å²) < 4.78 is 5.34. The molecular formula is C18H16N4O2. The fourth-order valence-electron chi connectivity index (χ4n) is 2.87. The zero-order valence-electron chi connectivity index (χ0n) is 13.2. The number of carbonyl (C=O) groups excluding carboxylic acids is 1. The topological polar surface area (TPSA) is 72.1 Å². The lowest BCUT2D eigenvalue weighted by Crippen LogP contribution is -2.24. The van der Waals surface area contributed by atoms with Crippen molar-refractivity contribution in [2.75, 3.05) is 11.4 Å². The molecule has 1 saturated heterocycles. The van der Waals surface area contributed by atoms with Gasteiger partial charge in [-0.05, 0) is 31.2 Å². The molecule has 120 valence electrons. The third-order valence-corrected chi connectivity index (χ3v) is 4.20. The molecule has 1 aliphatic heterocycles. The van der Waals surface area contributed by atoms with Crippen LogP contribution in [0, 0.1) is 6.92 Å². The zero-order chi connectivity index (χ0) is 16.5. The number of amides is 1. The second-order valence-electron chi connectivity index (χ2n) is 5.93. The molecule has 1 unspecified atom stereocenters. The molecule has 0 saturated carbocycles. The fourth-order valence-corrected chi connectivity index (χ4v) is 2.87. The van der Waals surface area contributed by atoms with Gasteiger partial charge in [0.25, 0.3) is 5.89 Å². The van der Waals surface area contributed by atoms with E-state index in [1.807, 2.05) is 43.3 Å². The van der Waals surface area contributed by atoms with Crippen LogP contribution in [0.15, 0.2) is 53.3 Å². The Morgan fingerprint density at radius 1 is 1.12 bits per heavy atom. The molecule has 0 N–H and O–H groups in total. The monoisotopic (exact) mass is 320 g/mol. The van der Waals surface area contributed by atoms with E-state index in [0.29, 0.717) is 24.7 Å². The predicted octanol–water partition coefficient (Wildman–Crippen LogP) is 2.96. The SMILES string of the molecule is Cc1ccc(N2CC(c3noc(-c4ccncc4)n3)CC2=O)cc1. The second kappa shape index (κ2) is 5.88. The largest absolute Gasteiger partial charge is 0.334 e. The van der Waals surface area contributed by atoms with Gasteiger partial charge in [-0.15, -0.1) is 0 Å². The van der Waals surface area contributed by atoms with E-state index >= 15 is 0 Å². The Morgan fingerprint density at radius 2 is 1.88 bits per heavy atom. The maximum atomic E-state index is 12.4. The van der Waals surface area contributed by atoms with Gasteiger partial charge in [0.05, 0.1) is 0 Å². The van der Waals surface area contributed by atoms with Gasteiger partial charge in [-0.3, -0.25) is 9.78 Å². The molecule has 0 bridgehead atoms. The van der Waals surface area contributed by atoms with E-state index in [1.165, 1.54) is 5.56 Å². The van der Waals surface area contributed by atoms with Gasteiger partial charge in [0.15, 0.2) is 5.82 Å². The highest BCUT2D eigenvalue weighted by Gasteiger charge is 2.34. The summed E-state index contributed by atoms with van der Waals surface area (Å²) in [5.41, 5.74) is 2.90. The first-order chi connectivity index (χ1) is 11.7. The molecule has 6 heteroatoms. The average Bonchev–Trinajstić information content (AvgIpc) is 3.23. The van der Waals surface area contributed by atoms with Crippen molar-refractivity contribution >= 4 is 11.6 Å². The lowest BCUT2D eigenvalue weighted by molar-refractivity contribution is -0.117. The first-order valence-electron chi connectivity index (χ1n) is 7.82. The Hall–Kier alpha value is -3.02. The number of carbonyl (C=O) groups is 1. The minimum Gasteiger partial charge on any atom is -0.334 e. The van der Waals surface area contributed by atoms with Crippen molar-refractivity contribution in [3.05, 3.63) is 60.2 Å². The Balaban J connectivity index is 1.55. The molecule has 0 aliphatic carbocycles. The van der Waals surface area contributed by atoms with Gasteiger partial charge < -0.3 is 9.42 Å². The summed E-state index contributed by atoms with van der Waals surface area (Å²) in [5.74, 6) is 1.05. The molecule has 1 aromatic carbocycles. The van der Waals surface area contributed by atoms with Gasteiger partial charge >= 0.3 is 0 Å². The van der Waals surface area contributed by atoms with E-state index in [2.05, 4.69) is 15.1 Å². The number of hydrogen-bond donors (Lipinski definition) is 0. The van der Waals surface area contributed by atoms with E-state index in [4.69, 9.17) is 4.52 Å². The third kappa shape index (κ3) is 2.67. The van der Waals surface area contributed by atoms with Crippen molar-refractivity contribution in [1.29, 1.82) is 0 Å². The zero-order valence-corrected chi connectivity index (χ0v) is 13.2. The number of hydrogen-bond acceptors (Lipinski definition) is 5. The lowest BCUT2D eigenvalue weighted by Gasteiger charge is -2.16. The van der Waals surface area contributed by atoms with Crippen LogP contribution >= 0.6 is 0 Å². The van der Waals surface area contributed by atoms with Gasteiger partial charge in [-0.2, -0.15) is 4.98 Å². The van der Waals surface area contributed by atoms with Crippen molar-refractivity contribution in [1.82, 2.24) is 15.1 Å². The van der Waals surface area contributed by atoms with Crippen LogP contribution in [0.4, 0.5) is 5.69 Å². The summed E-state index contributed by atoms with van der Waals surface area (Å²) in [6.45, 7) is 2.59. The number of benzene rings is 1. The minimum absolute atomic E-state index is 0.0573. The van der Waals surface area contributed by atoms with Crippen molar-refractivity contribution in [3.8, 4) is 11.5 Å². The summed E-state index contributed by atoms with van der Waals surface area (Å²) in [4.78, 5) is 22.6. The lowest BCUT2D eigenvalue weighted by atomic mass is 10.1. The van der Waals surface area contributed by atoms with Gasteiger partial charge in [0.2, 0.25) is 5.91 Å². The van der Waals surface area contributed by atoms with Crippen LogP contribution in [0.5, 0.6) is 0 Å². The molecule has 2 aromatic heterocycles. The Morgan fingerprint density at radius 3 is 2.62 bits per heavy atom. The number of nitrogens with zero attached hydrogens (tertiary/aromatic N) is 4. The van der Waals surface area contributed by atoms with Crippen LogP contribution in [0.3, 0.4) is 0 Å². The summed E-state index contributed by atoms with van der Waals surface area (Å²) in [7, 11) is 0. The average molecular weight is 320 g/mol. The van der Waals surface area contributed by atoms with E-state index in [-0.39, 0.29) is 11.8 Å². The van der Waals surface area contributed by atoms with Gasteiger partial charge in [0, 0.05) is 42.5 Å². The molecule has 0 spiro atoms. The Bertz CT molecular complexity index is 858. The van der Waals surface area contributed by atoms with Crippen LogP contribution in [0.1, 0.15) is 23.7 Å². The first-order valence-corrected chi connectivity index (χ1v) is 7.82. The molecule has 1 fully saturated rings. The number of pyridine rings is 1. The van der Waals surface area contributed by atoms with Crippen molar-refractivity contribution in [2.24, 2.45) is 0 Å². The van der Waals surface area contributed by atoms with Crippen molar-refractivity contribution in [2.45, 2.75) is 19.3 Å². The third-order valence-electron chi connectivity index (χ3n) is 4.20. The van der Waals surface area contributed by atoms with Gasteiger partial charge in [0.1, 0.15) is 0 Å². The van der Waals surface area contributed by atoms with Crippen LogP contribution in [-0.4, -0.2) is 27.6 Å². The highest BCUT2D eigenvalue weighted by atomic mass is 16.5. The van der Waals surface area contributed by atoms with Crippen molar-refractivity contribution < 1.29 is 9.32 Å². The van der Waals surface area contributed by atoms with E-state index in [9.17, 15) is 4.79 Å². The summed E-state index contributed by atoms with van der Waals surface area (Å²) in [6.07, 6.45) is 3.75. The van der Waals surface area contributed by atoms with Crippen molar-refractivity contribution in [3.63, 3.8) is 0 Å². The molecule has 6 nitrogen and oxygen atoms in total. The first kappa shape index (κ1) is 14.6. The fraction of sp³-hybridized carbons (Fsp3) is 0.222. The summed E-state index contributed by atoms with van der Waals surface area (Å²) >= 11 is 0. The van der Waals surface area contributed by atoms with Crippen LogP contribution in [0.2, 0.25) is 0 Å². The van der Waals surface area contributed by atoms with Gasteiger partial charge in [-0.25, -0.2) is 0 Å². The smallest absolute Gasteiger partial charge is 0.258 e. The molecule has 3 heterocycles.